The van der Waals surface area contributed by atoms with Gasteiger partial charge in [-0.1, -0.05) is 23.5 Å². The Hall–Kier alpha value is -1.09. The summed E-state index contributed by atoms with van der Waals surface area (Å²) in [4.78, 5) is 4.67. The molecule has 1 aromatic heterocycles. The van der Waals surface area contributed by atoms with Crippen LogP contribution in [0.25, 0.3) is 10.2 Å². The number of benzene rings is 1. The fraction of sp³-hybridized carbons (Fsp3) is 0.462. The fourth-order valence-corrected chi connectivity index (χ4v) is 3.10. The zero-order valence-corrected chi connectivity index (χ0v) is 10.5. The van der Waals surface area contributed by atoms with Crippen molar-refractivity contribution in [3.8, 4) is 0 Å². The summed E-state index contributed by atoms with van der Waals surface area (Å²) in [6.07, 6.45) is 2.75. The molecule has 1 unspecified atom stereocenters. The van der Waals surface area contributed by atoms with Gasteiger partial charge in [0, 0.05) is 6.04 Å². The van der Waals surface area contributed by atoms with Crippen LogP contribution in [0.3, 0.4) is 0 Å². The molecule has 0 aliphatic heterocycles. The minimum atomic E-state index is 0.570. The molecule has 1 aromatic carbocycles. The SMILES string of the molecule is Cc1cccc2sc(NC(C)C3CC3)nc12. The highest BCUT2D eigenvalue weighted by molar-refractivity contribution is 7.22. The number of hydrogen-bond acceptors (Lipinski definition) is 3. The molecule has 1 atom stereocenters. The van der Waals surface area contributed by atoms with Crippen molar-refractivity contribution in [1.29, 1.82) is 0 Å². The summed E-state index contributed by atoms with van der Waals surface area (Å²) in [7, 11) is 0. The Balaban J connectivity index is 1.89. The molecular weight excluding hydrogens is 216 g/mol. The molecule has 1 aliphatic carbocycles. The van der Waals surface area contributed by atoms with E-state index < -0.39 is 0 Å². The summed E-state index contributed by atoms with van der Waals surface area (Å²) >= 11 is 1.76. The maximum absolute atomic E-state index is 4.67. The van der Waals surface area contributed by atoms with Crippen molar-refractivity contribution in [2.24, 2.45) is 5.92 Å². The molecule has 84 valence electrons. The third kappa shape index (κ3) is 1.80. The number of aromatic nitrogens is 1. The number of nitrogens with one attached hydrogen (secondary N) is 1. The second-order valence-electron chi connectivity index (χ2n) is 4.71. The molecule has 0 radical (unpaired) electrons. The zero-order valence-electron chi connectivity index (χ0n) is 9.66. The number of para-hydroxylation sites is 1. The molecule has 0 spiro atoms. The molecule has 0 amide bonds. The van der Waals surface area contributed by atoms with Gasteiger partial charge in [-0.2, -0.15) is 0 Å². The first-order chi connectivity index (χ1) is 7.74. The molecule has 1 heterocycles. The highest BCUT2D eigenvalue weighted by Gasteiger charge is 2.28. The Bertz CT molecular complexity index is 514. The van der Waals surface area contributed by atoms with Crippen LogP contribution in [0.2, 0.25) is 0 Å². The van der Waals surface area contributed by atoms with Gasteiger partial charge in [0.15, 0.2) is 5.13 Å². The van der Waals surface area contributed by atoms with Gasteiger partial charge in [-0.25, -0.2) is 4.98 Å². The van der Waals surface area contributed by atoms with E-state index in [4.69, 9.17) is 0 Å². The van der Waals surface area contributed by atoms with Crippen LogP contribution in [0, 0.1) is 12.8 Å². The van der Waals surface area contributed by atoms with E-state index in [1.807, 2.05) is 0 Å². The van der Waals surface area contributed by atoms with Crippen LogP contribution in [-0.4, -0.2) is 11.0 Å². The van der Waals surface area contributed by atoms with Gasteiger partial charge in [-0.3, -0.25) is 0 Å². The molecule has 1 saturated carbocycles. The van der Waals surface area contributed by atoms with Crippen LogP contribution in [0.4, 0.5) is 5.13 Å². The van der Waals surface area contributed by atoms with Crippen LogP contribution in [0.5, 0.6) is 0 Å². The lowest BCUT2D eigenvalue weighted by Gasteiger charge is -2.10. The standard InChI is InChI=1S/C13H16N2S/c1-8-4-3-5-11-12(8)15-13(16-11)14-9(2)10-6-7-10/h3-5,9-10H,6-7H2,1-2H3,(H,14,15). The normalized spacial score (nSPS) is 17.6. The Morgan fingerprint density at radius 1 is 1.44 bits per heavy atom. The van der Waals surface area contributed by atoms with Gasteiger partial charge in [0.25, 0.3) is 0 Å². The predicted molar refractivity (Wildman–Crippen MR) is 70.2 cm³/mol. The van der Waals surface area contributed by atoms with E-state index in [-0.39, 0.29) is 0 Å². The molecule has 0 saturated heterocycles. The van der Waals surface area contributed by atoms with E-state index in [1.165, 1.54) is 23.1 Å². The van der Waals surface area contributed by atoms with Crippen LogP contribution in [0.15, 0.2) is 18.2 Å². The van der Waals surface area contributed by atoms with Crippen molar-refractivity contribution in [3.63, 3.8) is 0 Å². The van der Waals surface area contributed by atoms with Gasteiger partial charge in [-0.15, -0.1) is 0 Å². The number of aryl methyl sites for hydroxylation is 1. The quantitative estimate of drug-likeness (QED) is 0.870. The minimum absolute atomic E-state index is 0.570. The molecule has 1 fully saturated rings. The number of nitrogens with zero attached hydrogens (tertiary/aromatic N) is 1. The second kappa shape index (κ2) is 3.74. The van der Waals surface area contributed by atoms with Gasteiger partial charge in [0.2, 0.25) is 0 Å². The van der Waals surface area contributed by atoms with Crippen molar-refractivity contribution >= 4 is 26.7 Å². The first kappa shape index (κ1) is 10.1. The summed E-state index contributed by atoms with van der Waals surface area (Å²) < 4.78 is 1.28. The predicted octanol–water partition coefficient (Wildman–Crippen LogP) is 3.82. The molecule has 2 aromatic rings. The van der Waals surface area contributed by atoms with E-state index in [1.54, 1.807) is 11.3 Å². The van der Waals surface area contributed by atoms with Gasteiger partial charge in [0.05, 0.1) is 10.2 Å². The summed E-state index contributed by atoms with van der Waals surface area (Å²) in [6.45, 7) is 4.38. The Morgan fingerprint density at radius 2 is 2.25 bits per heavy atom. The van der Waals surface area contributed by atoms with Gasteiger partial charge in [0.1, 0.15) is 0 Å². The monoisotopic (exact) mass is 232 g/mol. The Kier molecular flexibility index (Phi) is 2.36. The summed E-state index contributed by atoms with van der Waals surface area (Å²) in [5.74, 6) is 0.869. The number of anilines is 1. The summed E-state index contributed by atoms with van der Waals surface area (Å²) in [5, 5.41) is 4.60. The largest absolute Gasteiger partial charge is 0.359 e. The van der Waals surface area contributed by atoms with Gasteiger partial charge < -0.3 is 5.32 Å². The van der Waals surface area contributed by atoms with Crippen LogP contribution in [-0.2, 0) is 0 Å². The Labute approximate surface area is 99.7 Å². The van der Waals surface area contributed by atoms with Gasteiger partial charge >= 0.3 is 0 Å². The molecule has 16 heavy (non-hydrogen) atoms. The smallest absolute Gasteiger partial charge is 0.184 e. The van der Waals surface area contributed by atoms with E-state index >= 15 is 0 Å². The summed E-state index contributed by atoms with van der Waals surface area (Å²) in [6, 6.07) is 6.94. The lowest BCUT2D eigenvalue weighted by molar-refractivity contribution is 0.693. The lowest BCUT2D eigenvalue weighted by Crippen LogP contribution is -2.16. The molecular formula is C13H16N2S. The van der Waals surface area contributed by atoms with Crippen molar-refractivity contribution < 1.29 is 0 Å². The van der Waals surface area contributed by atoms with E-state index in [0.29, 0.717) is 6.04 Å². The average molecular weight is 232 g/mol. The molecule has 1 aliphatic rings. The van der Waals surface area contributed by atoms with Crippen LogP contribution >= 0.6 is 11.3 Å². The van der Waals surface area contributed by atoms with Crippen molar-refractivity contribution in [3.05, 3.63) is 23.8 Å². The maximum Gasteiger partial charge on any atom is 0.184 e. The first-order valence-corrected chi connectivity index (χ1v) is 6.68. The topological polar surface area (TPSA) is 24.9 Å². The van der Waals surface area contributed by atoms with E-state index in [2.05, 4.69) is 42.3 Å². The van der Waals surface area contributed by atoms with Crippen molar-refractivity contribution in [2.75, 3.05) is 5.32 Å². The van der Waals surface area contributed by atoms with Crippen LogP contribution < -0.4 is 5.32 Å². The van der Waals surface area contributed by atoms with Crippen LogP contribution in [0.1, 0.15) is 25.3 Å². The second-order valence-corrected chi connectivity index (χ2v) is 5.74. The lowest BCUT2D eigenvalue weighted by atomic mass is 10.2. The third-order valence-electron chi connectivity index (χ3n) is 3.30. The Morgan fingerprint density at radius 3 is 2.94 bits per heavy atom. The highest BCUT2D eigenvalue weighted by atomic mass is 32.1. The molecule has 3 rings (SSSR count). The zero-order chi connectivity index (χ0) is 11.1. The summed E-state index contributed by atoms with van der Waals surface area (Å²) in [5.41, 5.74) is 2.42. The van der Waals surface area contributed by atoms with Crippen molar-refractivity contribution in [1.82, 2.24) is 4.98 Å². The molecule has 2 nitrogen and oxygen atoms in total. The highest BCUT2D eigenvalue weighted by Crippen LogP contribution is 2.35. The fourth-order valence-electron chi connectivity index (χ4n) is 2.06. The number of hydrogen-bond donors (Lipinski definition) is 1. The molecule has 1 N–H and O–H groups in total. The minimum Gasteiger partial charge on any atom is -0.359 e. The maximum atomic E-state index is 4.67. The number of thiazole rings is 1. The molecule has 0 bridgehead atoms. The third-order valence-corrected chi connectivity index (χ3v) is 4.25. The average Bonchev–Trinajstić information content (AvgIpc) is 3.01. The number of rotatable bonds is 3. The molecule has 3 heteroatoms. The number of fused-ring (bicyclic) bond motifs is 1. The first-order valence-electron chi connectivity index (χ1n) is 5.87. The van der Waals surface area contributed by atoms with E-state index in [0.717, 1.165) is 16.6 Å². The van der Waals surface area contributed by atoms with Crippen molar-refractivity contribution in [2.45, 2.75) is 32.7 Å². The van der Waals surface area contributed by atoms with E-state index in [9.17, 15) is 0 Å². The van der Waals surface area contributed by atoms with Gasteiger partial charge in [-0.05, 0) is 44.2 Å².